The highest BCUT2D eigenvalue weighted by atomic mass is 16.2. The number of piperidine rings is 1. The summed E-state index contributed by atoms with van der Waals surface area (Å²) >= 11 is 0. The van der Waals surface area contributed by atoms with Gasteiger partial charge in [0.15, 0.2) is 0 Å². The van der Waals surface area contributed by atoms with Crippen molar-refractivity contribution in [2.24, 2.45) is 5.92 Å². The molecule has 1 amide bonds. The summed E-state index contributed by atoms with van der Waals surface area (Å²) in [5.74, 6) is 0.422. The Morgan fingerprint density at radius 1 is 1.19 bits per heavy atom. The number of nitrogens with zero attached hydrogens (tertiary/aromatic N) is 3. The Balaban J connectivity index is 1.58. The highest BCUT2D eigenvalue weighted by Gasteiger charge is 2.24. The van der Waals surface area contributed by atoms with Crippen molar-refractivity contribution < 1.29 is 4.79 Å². The van der Waals surface area contributed by atoms with E-state index in [1.165, 1.54) is 0 Å². The summed E-state index contributed by atoms with van der Waals surface area (Å²) in [7, 11) is 0. The number of H-pyrrole nitrogens is 2. The number of carbonyl (C=O) groups is 1. The van der Waals surface area contributed by atoms with E-state index in [-0.39, 0.29) is 12.3 Å². The molecule has 1 saturated heterocycles. The van der Waals surface area contributed by atoms with E-state index in [0.717, 1.165) is 30.8 Å². The summed E-state index contributed by atoms with van der Waals surface area (Å²) in [5.41, 5.74) is 1.93. The first-order valence-electron chi connectivity index (χ1n) is 8.94. The van der Waals surface area contributed by atoms with Crippen molar-refractivity contribution >= 4 is 5.91 Å². The van der Waals surface area contributed by atoms with Gasteiger partial charge in [-0.1, -0.05) is 0 Å². The van der Waals surface area contributed by atoms with E-state index in [4.69, 9.17) is 0 Å². The molecule has 1 fully saturated rings. The van der Waals surface area contributed by atoms with Crippen LogP contribution in [0.1, 0.15) is 35.5 Å². The number of aromatic amines is 2. The van der Waals surface area contributed by atoms with Crippen molar-refractivity contribution in [3.8, 4) is 0 Å². The first-order valence-corrected chi connectivity index (χ1v) is 8.94. The average molecular weight is 359 g/mol. The maximum atomic E-state index is 12.5. The van der Waals surface area contributed by atoms with Crippen LogP contribution < -0.4 is 11.2 Å². The van der Waals surface area contributed by atoms with Gasteiger partial charge in [-0.15, -0.1) is 0 Å². The van der Waals surface area contributed by atoms with Crippen molar-refractivity contribution in [2.45, 2.75) is 46.6 Å². The summed E-state index contributed by atoms with van der Waals surface area (Å²) in [4.78, 5) is 42.2. The fourth-order valence-electron chi connectivity index (χ4n) is 3.57. The van der Waals surface area contributed by atoms with Crippen LogP contribution in [0.2, 0.25) is 0 Å². The molecule has 8 heteroatoms. The number of amides is 1. The van der Waals surface area contributed by atoms with Gasteiger partial charge < -0.3 is 9.88 Å². The van der Waals surface area contributed by atoms with Crippen LogP contribution in [-0.4, -0.2) is 43.6 Å². The smallest absolute Gasteiger partial charge is 0.325 e. The van der Waals surface area contributed by atoms with Crippen LogP contribution in [0.15, 0.2) is 15.7 Å². The predicted molar refractivity (Wildman–Crippen MR) is 97.1 cm³/mol. The Morgan fingerprint density at radius 3 is 2.46 bits per heavy atom. The summed E-state index contributed by atoms with van der Waals surface area (Å²) in [6.07, 6.45) is 1.86. The van der Waals surface area contributed by atoms with Gasteiger partial charge in [-0.2, -0.15) is 5.10 Å². The van der Waals surface area contributed by atoms with Crippen molar-refractivity contribution in [2.75, 3.05) is 13.1 Å². The second-order valence-electron chi connectivity index (χ2n) is 7.12. The predicted octanol–water partition coefficient (Wildman–Crippen LogP) is 0.666. The van der Waals surface area contributed by atoms with Crippen molar-refractivity contribution in [3.05, 3.63) is 49.5 Å². The van der Waals surface area contributed by atoms with Crippen molar-refractivity contribution in [1.82, 2.24) is 24.6 Å². The van der Waals surface area contributed by atoms with Gasteiger partial charge in [0, 0.05) is 36.6 Å². The molecular formula is C18H25N5O3. The number of hydrogen-bond acceptors (Lipinski definition) is 4. The van der Waals surface area contributed by atoms with Crippen LogP contribution >= 0.6 is 0 Å². The molecule has 0 aliphatic carbocycles. The van der Waals surface area contributed by atoms with Gasteiger partial charge in [0.05, 0.1) is 12.1 Å². The first-order chi connectivity index (χ1) is 12.3. The molecule has 0 bridgehead atoms. The molecule has 3 heterocycles. The fraction of sp³-hybridized carbons (Fsp3) is 0.556. The van der Waals surface area contributed by atoms with Gasteiger partial charge >= 0.3 is 5.69 Å². The van der Waals surface area contributed by atoms with Crippen LogP contribution in [0.25, 0.3) is 0 Å². The van der Waals surface area contributed by atoms with E-state index >= 15 is 0 Å². The Morgan fingerprint density at radius 2 is 1.88 bits per heavy atom. The zero-order chi connectivity index (χ0) is 18.8. The molecule has 1 aliphatic rings. The number of hydrogen-bond donors (Lipinski definition) is 2. The first kappa shape index (κ1) is 18.2. The number of likely N-dealkylation sites (tertiary alicyclic amines) is 1. The van der Waals surface area contributed by atoms with E-state index in [1.807, 2.05) is 16.5 Å². The van der Waals surface area contributed by atoms with E-state index < -0.39 is 11.2 Å². The number of nitrogens with one attached hydrogen (secondary N) is 2. The molecule has 0 radical (unpaired) electrons. The molecule has 8 nitrogen and oxygen atoms in total. The number of aryl methyl sites for hydroxylation is 3. The fourth-order valence-corrected chi connectivity index (χ4v) is 3.57. The van der Waals surface area contributed by atoms with Crippen LogP contribution in [0.3, 0.4) is 0 Å². The van der Waals surface area contributed by atoms with Crippen molar-refractivity contribution in [1.29, 1.82) is 0 Å². The Labute approximate surface area is 151 Å². The minimum Gasteiger partial charge on any atom is -0.342 e. The molecule has 0 unspecified atom stereocenters. The summed E-state index contributed by atoms with van der Waals surface area (Å²) in [6, 6.07) is 2.07. The van der Waals surface area contributed by atoms with Crippen molar-refractivity contribution in [3.63, 3.8) is 0 Å². The van der Waals surface area contributed by atoms with Gasteiger partial charge in [-0.05, 0) is 45.6 Å². The highest BCUT2D eigenvalue weighted by Crippen LogP contribution is 2.20. The third kappa shape index (κ3) is 3.95. The highest BCUT2D eigenvalue weighted by molar-refractivity contribution is 5.79. The van der Waals surface area contributed by atoms with E-state index in [9.17, 15) is 14.4 Å². The zero-order valence-corrected chi connectivity index (χ0v) is 15.5. The molecule has 0 atom stereocenters. The molecule has 140 valence electrons. The lowest BCUT2D eigenvalue weighted by molar-refractivity contribution is -0.131. The lowest BCUT2D eigenvalue weighted by Crippen LogP contribution is -2.41. The van der Waals surface area contributed by atoms with Crippen LogP contribution in [-0.2, 0) is 17.8 Å². The molecule has 0 saturated carbocycles. The molecule has 3 rings (SSSR count). The topological polar surface area (TPSA) is 104 Å². The Hall–Kier alpha value is -2.64. The number of aromatic nitrogens is 4. The molecular weight excluding hydrogens is 334 g/mol. The minimum absolute atomic E-state index is 0.0140. The molecule has 2 aromatic heterocycles. The lowest BCUT2D eigenvalue weighted by Gasteiger charge is -2.32. The summed E-state index contributed by atoms with van der Waals surface area (Å²) in [6.45, 7) is 7.93. The normalized spacial score (nSPS) is 15.4. The third-order valence-corrected chi connectivity index (χ3v) is 5.08. The molecule has 2 aromatic rings. The molecule has 26 heavy (non-hydrogen) atoms. The quantitative estimate of drug-likeness (QED) is 0.837. The van der Waals surface area contributed by atoms with E-state index in [1.54, 1.807) is 6.92 Å². The third-order valence-electron chi connectivity index (χ3n) is 5.08. The van der Waals surface area contributed by atoms with Gasteiger partial charge in [-0.3, -0.25) is 19.3 Å². The van der Waals surface area contributed by atoms with Crippen LogP contribution in [0.5, 0.6) is 0 Å². The van der Waals surface area contributed by atoms with E-state index in [0.29, 0.717) is 30.3 Å². The Kier molecular flexibility index (Phi) is 5.11. The monoisotopic (exact) mass is 359 g/mol. The number of carbonyl (C=O) groups excluding carboxylic acids is 1. The molecule has 0 aromatic carbocycles. The van der Waals surface area contributed by atoms with Gasteiger partial charge in [0.25, 0.3) is 5.56 Å². The van der Waals surface area contributed by atoms with Gasteiger partial charge in [0.2, 0.25) is 5.91 Å². The van der Waals surface area contributed by atoms with Crippen LogP contribution in [0, 0.1) is 26.7 Å². The molecule has 1 aliphatic heterocycles. The standard InChI is InChI=1S/C18H25N5O3/c1-11-8-12(2)23(21-11)10-14-4-6-22(7-5-14)16(24)9-15-13(3)19-18(26)20-17(15)25/h8,14H,4-7,9-10H2,1-3H3,(H2,19,20,25,26). The van der Waals surface area contributed by atoms with Crippen LogP contribution in [0.4, 0.5) is 0 Å². The minimum atomic E-state index is -0.548. The van der Waals surface area contributed by atoms with Gasteiger partial charge in [-0.25, -0.2) is 4.79 Å². The molecule has 0 spiro atoms. The number of rotatable bonds is 4. The maximum absolute atomic E-state index is 12.5. The molecule has 2 N–H and O–H groups in total. The SMILES string of the molecule is Cc1cc(C)n(CC2CCN(C(=O)Cc3c(C)[nH]c(=O)[nH]c3=O)CC2)n1. The summed E-state index contributed by atoms with van der Waals surface area (Å²) in [5, 5.41) is 4.51. The summed E-state index contributed by atoms with van der Waals surface area (Å²) < 4.78 is 2.04. The van der Waals surface area contributed by atoms with E-state index in [2.05, 4.69) is 28.1 Å². The van der Waals surface area contributed by atoms with Gasteiger partial charge in [0.1, 0.15) is 0 Å². The lowest BCUT2D eigenvalue weighted by atomic mass is 9.96. The zero-order valence-electron chi connectivity index (χ0n) is 15.5. The second-order valence-corrected chi connectivity index (χ2v) is 7.12. The second kappa shape index (κ2) is 7.31. The Bertz CT molecular complexity index is 916. The average Bonchev–Trinajstić information content (AvgIpc) is 2.88. The largest absolute Gasteiger partial charge is 0.342 e. The maximum Gasteiger partial charge on any atom is 0.325 e.